The van der Waals surface area contributed by atoms with Gasteiger partial charge in [-0.1, -0.05) is 6.07 Å². The lowest BCUT2D eigenvalue weighted by atomic mass is 9.92. The van der Waals surface area contributed by atoms with Crippen molar-refractivity contribution in [3.8, 4) is 5.75 Å². The van der Waals surface area contributed by atoms with Gasteiger partial charge in [0.15, 0.2) is 17.2 Å². The van der Waals surface area contributed by atoms with Crippen molar-refractivity contribution in [3.63, 3.8) is 0 Å². The van der Waals surface area contributed by atoms with Crippen LogP contribution in [0.5, 0.6) is 5.75 Å². The number of carbonyl (C=O) groups is 1. The van der Waals surface area contributed by atoms with E-state index in [2.05, 4.69) is 31.0 Å². The van der Waals surface area contributed by atoms with E-state index in [0.717, 1.165) is 48.9 Å². The molecule has 0 aliphatic heterocycles. The molecular formula is C26H29FN8O2. The maximum absolute atomic E-state index is 14.1. The van der Waals surface area contributed by atoms with Crippen LogP contribution in [0.1, 0.15) is 41.7 Å². The number of pyridine rings is 1. The van der Waals surface area contributed by atoms with Crippen molar-refractivity contribution >= 4 is 34.4 Å². The number of methoxy groups -OCH3 is 1. The Kier molecular flexibility index (Phi) is 6.87. The first-order valence-electron chi connectivity index (χ1n) is 12.1. The van der Waals surface area contributed by atoms with Gasteiger partial charge in [0.2, 0.25) is 0 Å². The molecule has 1 fully saturated rings. The average Bonchev–Trinajstić information content (AvgIpc) is 3.32. The number of ether oxygens (including phenoxy) is 1. The molecule has 1 amide bonds. The van der Waals surface area contributed by atoms with E-state index in [-0.39, 0.29) is 23.5 Å². The van der Waals surface area contributed by atoms with E-state index < -0.39 is 11.7 Å². The Hall–Kier alpha value is -4.25. The van der Waals surface area contributed by atoms with Crippen LogP contribution in [-0.2, 0) is 0 Å². The van der Waals surface area contributed by atoms with E-state index in [0.29, 0.717) is 17.2 Å². The average molecular weight is 505 g/mol. The van der Waals surface area contributed by atoms with Crippen LogP contribution in [0.4, 0.5) is 27.3 Å². The van der Waals surface area contributed by atoms with Crippen molar-refractivity contribution in [1.82, 2.24) is 19.6 Å². The van der Waals surface area contributed by atoms with Crippen molar-refractivity contribution in [2.24, 2.45) is 5.73 Å². The highest BCUT2D eigenvalue weighted by Crippen LogP contribution is 2.29. The SMILES string of the molecule is COc1cc(Nc2cc(NC3CCC(N)CC3)nn3c(C(=O)Nc4ccncc4F)cnc23)ccc1C. The number of fused-ring (bicyclic) bond motifs is 1. The molecular weight excluding hydrogens is 475 g/mol. The first-order chi connectivity index (χ1) is 17.9. The lowest BCUT2D eigenvalue weighted by Crippen LogP contribution is -2.33. The van der Waals surface area contributed by atoms with Crippen LogP contribution < -0.4 is 26.4 Å². The smallest absolute Gasteiger partial charge is 0.276 e. The first-order valence-corrected chi connectivity index (χ1v) is 12.1. The van der Waals surface area contributed by atoms with Gasteiger partial charge in [0.25, 0.3) is 5.91 Å². The predicted octanol–water partition coefficient (Wildman–Crippen LogP) is 4.26. The Bertz CT molecular complexity index is 1430. The van der Waals surface area contributed by atoms with Gasteiger partial charge >= 0.3 is 0 Å². The third-order valence-electron chi connectivity index (χ3n) is 6.53. The zero-order valence-corrected chi connectivity index (χ0v) is 20.7. The Morgan fingerprint density at radius 3 is 2.70 bits per heavy atom. The van der Waals surface area contributed by atoms with Gasteiger partial charge in [0.1, 0.15) is 11.6 Å². The molecule has 37 heavy (non-hydrogen) atoms. The highest BCUT2D eigenvalue weighted by Gasteiger charge is 2.22. The van der Waals surface area contributed by atoms with E-state index in [4.69, 9.17) is 10.5 Å². The summed E-state index contributed by atoms with van der Waals surface area (Å²) in [5.74, 6) is 0.145. The number of amides is 1. The molecule has 1 saturated carbocycles. The van der Waals surface area contributed by atoms with Gasteiger partial charge in [-0.2, -0.15) is 0 Å². The Labute approximate surface area is 213 Å². The fourth-order valence-electron chi connectivity index (χ4n) is 4.47. The lowest BCUT2D eigenvalue weighted by molar-refractivity contribution is 0.102. The number of halogens is 1. The van der Waals surface area contributed by atoms with Crippen molar-refractivity contribution in [2.45, 2.75) is 44.7 Å². The molecule has 3 aromatic heterocycles. The number of hydrogen-bond donors (Lipinski definition) is 4. The molecule has 192 valence electrons. The van der Waals surface area contributed by atoms with Crippen LogP contribution in [0, 0.1) is 12.7 Å². The summed E-state index contributed by atoms with van der Waals surface area (Å²) in [5, 5.41) is 14.1. The second kappa shape index (κ2) is 10.4. The zero-order chi connectivity index (χ0) is 25.9. The number of nitrogens with zero attached hydrogens (tertiary/aromatic N) is 4. The molecule has 0 bridgehead atoms. The number of benzene rings is 1. The number of anilines is 4. The van der Waals surface area contributed by atoms with E-state index in [1.54, 1.807) is 7.11 Å². The van der Waals surface area contributed by atoms with Crippen molar-refractivity contribution in [2.75, 3.05) is 23.1 Å². The highest BCUT2D eigenvalue weighted by atomic mass is 19.1. The largest absolute Gasteiger partial charge is 0.496 e. The quantitative estimate of drug-likeness (QED) is 0.294. The van der Waals surface area contributed by atoms with Crippen LogP contribution >= 0.6 is 0 Å². The Balaban J connectivity index is 1.51. The van der Waals surface area contributed by atoms with E-state index in [9.17, 15) is 9.18 Å². The molecule has 5 N–H and O–H groups in total. The molecule has 1 aromatic carbocycles. The number of nitrogens with two attached hydrogens (primary N) is 1. The number of carbonyl (C=O) groups excluding carboxylic acids is 1. The minimum atomic E-state index is -0.633. The summed E-state index contributed by atoms with van der Waals surface area (Å²) in [6.07, 6.45) is 7.59. The van der Waals surface area contributed by atoms with Gasteiger partial charge in [-0.25, -0.2) is 13.9 Å². The van der Waals surface area contributed by atoms with Crippen molar-refractivity contribution in [3.05, 3.63) is 66.0 Å². The van der Waals surface area contributed by atoms with Gasteiger partial charge in [-0.05, 0) is 50.3 Å². The van der Waals surface area contributed by atoms with Gasteiger partial charge in [0.05, 0.1) is 30.9 Å². The number of hydrogen-bond acceptors (Lipinski definition) is 8. The van der Waals surface area contributed by atoms with Gasteiger partial charge in [-0.3, -0.25) is 9.78 Å². The summed E-state index contributed by atoms with van der Waals surface area (Å²) in [6, 6.07) is 9.48. The Morgan fingerprint density at radius 2 is 1.95 bits per heavy atom. The molecule has 1 aliphatic carbocycles. The van der Waals surface area contributed by atoms with Gasteiger partial charge in [0, 0.05) is 36.1 Å². The summed E-state index contributed by atoms with van der Waals surface area (Å²) in [4.78, 5) is 21.3. The zero-order valence-electron chi connectivity index (χ0n) is 20.7. The molecule has 11 heteroatoms. The third-order valence-corrected chi connectivity index (χ3v) is 6.53. The third kappa shape index (κ3) is 5.31. The summed E-state index contributed by atoms with van der Waals surface area (Å²) in [5.41, 5.74) is 9.13. The predicted molar refractivity (Wildman–Crippen MR) is 140 cm³/mol. The number of nitrogens with one attached hydrogen (secondary N) is 3. The van der Waals surface area contributed by atoms with Gasteiger partial charge in [-0.15, -0.1) is 5.10 Å². The van der Waals surface area contributed by atoms with Crippen LogP contribution in [0.25, 0.3) is 5.65 Å². The number of aryl methyl sites for hydroxylation is 1. The van der Waals surface area contributed by atoms with Crippen LogP contribution in [-0.4, -0.2) is 44.7 Å². The molecule has 0 unspecified atom stereocenters. The minimum absolute atomic E-state index is 0.0212. The fourth-order valence-corrected chi connectivity index (χ4v) is 4.47. The second-order valence-electron chi connectivity index (χ2n) is 9.20. The molecule has 0 spiro atoms. The molecule has 10 nitrogen and oxygen atoms in total. The van der Waals surface area contributed by atoms with E-state index in [1.807, 2.05) is 31.2 Å². The number of aromatic nitrogens is 4. The van der Waals surface area contributed by atoms with Crippen molar-refractivity contribution in [1.29, 1.82) is 0 Å². The number of imidazole rings is 1. The summed E-state index contributed by atoms with van der Waals surface area (Å²) in [6.45, 7) is 1.97. The molecule has 0 radical (unpaired) electrons. The van der Waals surface area contributed by atoms with Crippen molar-refractivity contribution < 1.29 is 13.9 Å². The van der Waals surface area contributed by atoms with E-state index in [1.165, 1.54) is 23.0 Å². The standard InChI is InChI=1S/C26H29FN8O2/c1-15-3-6-18(11-23(15)37-2)31-21-12-24(32-17-7-4-16(28)5-8-17)34-35-22(14-30-25(21)35)26(36)33-20-9-10-29-13-19(20)27/h3,6,9-14,16-17,31H,4-5,7-8,28H2,1-2H3,(H,32,34)(H,29,33,36). The first kappa shape index (κ1) is 24.4. The van der Waals surface area contributed by atoms with Crippen LogP contribution in [0.15, 0.2) is 48.9 Å². The summed E-state index contributed by atoms with van der Waals surface area (Å²) < 4.78 is 21.0. The maximum atomic E-state index is 14.1. The summed E-state index contributed by atoms with van der Waals surface area (Å²) >= 11 is 0. The van der Waals surface area contributed by atoms with Crippen LogP contribution in [0.3, 0.4) is 0 Å². The highest BCUT2D eigenvalue weighted by molar-refractivity contribution is 6.03. The molecule has 0 atom stereocenters. The Morgan fingerprint density at radius 1 is 1.14 bits per heavy atom. The normalized spacial score (nSPS) is 17.4. The molecule has 3 heterocycles. The van der Waals surface area contributed by atoms with Crippen LogP contribution in [0.2, 0.25) is 0 Å². The monoisotopic (exact) mass is 504 g/mol. The summed E-state index contributed by atoms with van der Waals surface area (Å²) in [7, 11) is 1.62. The maximum Gasteiger partial charge on any atom is 0.276 e. The molecule has 4 aromatic rings. The lowest BCUT2D eigenvalue weighted by Gasteiger charge is -2.27. The molecule has 5 rings (SSSR count). The van der Waals surface area contributed by atoms with E-state index >= 15 is 0 Å². The number of rotatable bonds is 7. The minimum Gasteiger partial charge on any atom is -0.496 e. The molecule has 0 saturated heterocycles. The second-order valence-corrected chi connectivity index (χ2v) is 9.20. The fraction of sp³-hybridized carbons (Fsp3) is 0.308. The molecule has 1 aliphatic rings. The van der Waals surface area contributed by atoms with Gasteiger partial charge < -0.3 is 26.4 Å². The topological polar surface area (TPSA) is 131 Å².